The van der Waals surface area contributed by atoms with Gasteiger partial charge in [0.25, 0.3) is 0 Å². The summed E-state index contributed by atoms with van der Waals surface area (Å²) in [6, 6.07) is 2.62. The monoisotopic (exact) mass is 167 g/mol. The molecule has 3 fully saturated rings. The van der Waals surface area contributed by atoms with Gasteiger partial charge in [-0.05, 0) is 13.5 Å². The molecule has 3 rings (SSSR count). The Hall–Kier alpha value is -0.120. The van der Waals surface area contributed by atoms with Crippen LogP contribution in [0.15, 0.2) is 0 Å². The Kier molecular flexibility index (Phi) is 1.48. The van der Waals surface area contributed by atoms with E-state index in [2.05, 4.69) is 22.2 Å². The topological polar surface area (TPSA) is 18.5 Å². The molecule has 0 amide bonds. The third-order valence-corrected chi connectivity index (χ3v) is 3.79. The summed E-state index contributed by atoms with van der Waals surface area (Å²) in [7, 11) is 2.26. The fourth-order valence-electron chi connectivity index (χ4n) is 2.85. The molecule has 3 heterocycles. The Bertz CT molecular complexity index is 188. The molecular formula is C9H17N3. The minimum Gasteiger partial charge on any atom is -0.314 e. The van der Waals surface area contributed by atoms with Crippen molar-refractivity contribution in [1.29, 1.82) is 0 Å². The van der Waals surface area contributed by atoms with Gasteiger partial charge >= 0.3 is 0 Å². The third kappa shape index (κ3) is 0.873. The third-order valence-electron chi connectivity index (χ3n) is 3.79. The zero-order chi connectivity index (χ0) is 8.13. The van der Waals surface area contributed by atoms with Crippen molar-refractivity contribution in [2.45, 2.75) is 24.5 Å². The Morgan fingerprint density at radius 3 is 2.33 bits per heavy atom. The number of rotatable bonds is 1. The van der Waals surface area contributed by atoms with Gasteiger partial charge in [-0.3, -0.25) is 4.90 Å². The van der Waals surface area contributed by atoms with Crippen LogP contribution >= 0.6 is 0 Å². The van der Waals surface area contributed by atoms with Crippen molar-refractivity contribution < 1.29 is 0 Å². The Labute approximate surface area is 73.7 Å². The van der Waals surface area contributed by atoms with E-state index < -0.39 is 0 Å². The van der Waals surface area contributed by atoms with Crippen molar-refractivity contribution in [3.8, 4) is 0 Å². The summed E-state index contributed by atoms with van der Waals surface area (Å²) >= 11 is 0. The van der Waals surface area contributed by atoms with E-state index in [1.165, 1.54) is 32.6 Å². The van der Waals surface area contributed by atoms with Gasteiger partial charge in [0.2, 0.25) is 0 Å². The van der Waals surface area contributed by atoms with Crippen LogP contribution in [0.5, 0.6) is 0 Å². The number of fused-ring (bicyclic) bond motifs is 2. The predicted octanol–water partition coefficient (Wildman–Crippen LogP) is -0.653. The van der Waals surface area contributed by atoms with Crippen LogP contribution in [0.2, 0.25) is 0 Å². The van der Waals surface area contributed by atoms with Gasteiger partial charge < -0.3 is 10.2 Å². The van der Waals surface area contributed by atoms with Gasteiger partial charge in [0.05, 0.1) is 0 Å². The summed E-state index contributed by atoms with van der Waals surface area (Å²) in [5.74, 6) is 0. The molecule has 3 aliphatic heterocycles. The molecule has 0 saturated carbocycles. The first-order valence-corrected chi connectivity index (χ1v) is 5.01. The second kappa shape index (κ2) is 2.44. The van der Waals surface area contributed by atoms with E-state index in [-0.39, 0.29) is 0 Å². The molecule has 3 heteroatoms. The summed E-state index contributed by atoms with van der Waals surface area (Å²) in [5, 5.41) is 3.35. The van der Waals surface area contributed by atoms with Crippen molar-refractivity contribution in [1.82, 2.24) is 15.1 Å². The maximum absolute atomic E-state index is 3.35. The normalized spacial score (nSPS) is 43.8. The predicted molar refractivity (Wildman–Crippen MR) is 48.2 cm³/mol. The minimum absolute atomic E-state index is 0.869. The van der Waals surface area contributed by atoms with E-state index in [1.54, 1.807) is 0 Å². The standard InChI is InChI=1S/C9H17N3/c1-11-5-8-2-7(11)6-12(8)9-3-10-4-9/h7-10H,2-6H2,1H3/t7-,8-/m1/s1. The van der Waals surface area contributed by atoms with Crippen molar-refractivity contribution in [3.63, 3.8) is 0 Å². The molecule has 0 spiro atoms. The van der Waals surface area contributed by atoms with Crippen LogP contribution in [-0.4, -0.2) is 61.2 Å². The highest BCUT2D eigenvalue weighted by molar-refractivity contribution is 5.03. The molecular weight excluding hydrogens is 150 g/mol. The highest BCUT2D eigenvalue weighted by Crippen LogP contribution is 2.31. The molecule has 3 aliphatic rings. The lowest BCUT2D eigenvalue weighted by Gasteiger charge is -2.42. The fraction of sp³-hybridized carbons (Fsp3) is 1.00. The molecule has 0 aromatic carbocycles. The van der Waals surface area contributed by atoms with Crippen LogP contribution in [0.4, 0.5) is 0 Å². The second-order valence-electron chi connectivity index (χ2n) is 4.49. The maximum Gasteiger partial charge on any atom is 0.0349 e. The molecule has 68 valence electrons. The number of likely N-dealkylation sites (tertiary alicyclic amines) is 2. The van der Waals surface area contributed by atoms with E-state index in [0.29, 0.717) is 0 Å². The highest BCUT2D eigenvalue weighted by Gasteiger charge is 2.44. The number of likely N-dealkylation sites (N-methyl/N-ethyl adjacent to an activating group) is 1. The highest BCUT2D eigenvalue weighted by atomic mass is 15.4. The smallest absolute Gasteiger partial charge is 0.0349 e. The number of piperazine rings is 1. The first kappa shape index (κ1) is 7.30. The summed E-state index contributed by atoms with van der Waals surface area (Å²) in [6.45, 7) is 5.09. The Morgan fingerprint density at radius 2 is 1.92 bits per heavy atom. The van der Waals surface area contributed by atoms with E-state index in [9.17, 15) is 0 Å². The number of hydrogen-bond acceptors (Lipinski definition) is 3. The quantitative estimate of drug-likeness (QED) is 0.560. The summed E-state index contributed by atoms with van der Waals surface area (Å²) < 4.78 is 0. The van der Waals surface area contributed by atoms with Gasteiger partial charge in [-0.15, -0.1) is 0 Å². The first-order valence-electron chi connectivity index (χ1n) is 5.01. The molecule has 0 radical (unpaired) electrons. The zero-order valence-corrected chi connectivity index (χ0v) is 7.66. The molecule has 2 bridgehead atoms. The van der Waals surface area contributed by atoms with Gasteiger partial charge in [0.1, 0.15) is 0 Å². The average molecular weight is 167 g/mol. The average Bonchev–Trinajstić information content (AvgIpc) is 2.42. The van der Waals surface area contributed by atoms with Crippen LogP contribution in [0.25, 0.3) is 0 Å². The SMILES string of the molecule is CN1C[C@H]2C[C@@H]1CN2C1CNC1. The van der Waals surface area contributed by atoms with Gasteiger partial charge in [-0.1, -0.05) is 0 Å². The zero-order valence-electron chi connectivity index (χ0n) is 7.66. The number of nitrogens with one attached hydrogen (secondary N) is 1. The molecule has 12 heavy (non-hydrogen) atoms. The molecule has 0 unspecified atom stereocenters. The van der Waals surface area contributed by atoms with Gasteiger partial charge in [-0.25, -0.2) is 0 Å². The van der Waals surface area contributed by atoms with E-state index in [1.807, 2.05) is 0 Å². The van der Waals surface area contributed by atoms with Crippen LogP contribution < -0.4 is 5.32 Å². The number of nitrogens with zero attached hydrogens (tertiary/aromatic N) is 2. The fourth-order valence-corrected chi connectivity index (χ4v) is 2.85. The lowest BCUT2D eigenvalue weighted by Crippen LogP contribution is -2.61. The van der Waals surface area contributed by atoms with Crippen LogP contribution in [-0.2, 0) is 0 Å². The van der Waals surface area contributed by atoms with E-state index in [0.717, 1.165) is 18.1 Å². The molecule has 2 atom stereocenters. The lowest BCUT2D eigenvalue weighted by atomic mass is 10.1. The van der Waals surface area contributed by atoms with Gasteiger partial charge in [0.15, 0.2) is 0 Å². The van der Waals surface area contributed by atoms with Gasteiger partial charge in [0, 0.05) is 44.3 Å². The molecule has 1 N–H and O–H groups in total. The largest absolute Gasteiger partial charge is 0.314 e. The van der Waals surface area contributed by atoms with Crippen molar-refractivity contribution in [3.05, 3.63) is 0 Å². The maximum atomic E-state index is 3.35. The first-order chi connectivity index (χ1) is 5.84. The lowest BCUT2D eigenvalue weighted by molar-refractivity contribution is 0.0791. The Balaban J connectivity index is 1.69. The van der Waals surface area contributed by atoms with Gasteiger partial charge in [-0.2, -0.15) is 0 Å². The van der Waals surface area contributed by atoms with Crippen LogP contribution in [0.1, 0.15) is 6.42 Å². The Morgan fingerprint density at radius 1 is 1.08 bits per heavy atom. The van der Waals surface area contributed by atoms with Crippen molar-refractivity contribution in [2.24, 2.45) is 0 Å². The summed E-state index contributed by atoms with van der Waals surface area (Å²) in [4.78, 5) is 5.24. The molecule has 0 aromatic rings. The van der Waals surface area contributed by atoms with E-state index >= 15 is 0 Å². The molecule has 3 nitrogen and oxygen atoms in total. The molecule has 0 aliphatic carbocycles. The van der Waals surface area contributed by atoms with Crippen molar-refractivity contribution >= 4 is 0 Å². The summed E-state index contributed by atoms with van der Waals surface area (Å²) in [6.07, 6.45) is 1.42. The van der Waals surface area contributed by atoms with Crippen LogP contribution in [0.3, 0.4) is 0 Å². The number of hydrogen-bond donors (Lipinski definition) is 1. The summed E-state index contributed by atoms with van der Waals surface area (Å²) in [5.41, 5.74) is 0. The second-order valence-corrected chi connectivity index (χ2v) is 4.49. The molecule has 3 saturated heterocycles. The van der Waals surface area contributed by atoms with Crippen molar-refractivity contribution in [2.75, 3.05) is 33.2 Å². The van der Waals surface area contributed by atoms with Crippen LogP contribution in [0, 0.1) is 0 Å². The minimum atomic E-state index is 0.869. The van der Waals surface area contributed by atoms with E-state index in [4.69, 9.17) is 0 Å². The molecule has 0 aromatic heterocycles.